The molecule has 1 aliphatic carbocycles. The first kappa shape index (κ1) is 43.0. The van der Waals surface area contributed by atoms with Crippen LogP contribution in [0.2, 0.25) is 0 Å². The van der Waals surface area contributed by atoms with Crippen molar-refractivity contribution in [3.8, 4) is 0 Å². The molecule has 0 radical (unpaired) electrons. The monoisotopic (exact) mass is 768 g/mol. The lowest BCUT2D eigenvalue weighted by Gasteiger charge is -2.32. The van der Waals surface area contributed by atoms with E-state index < -0.39 is 108 Å². The molecule has 1 saturated carbocycles. The summed E-state index contributed by atoms with van der Waals surface area (Å²) < 4.78 is 35.3. The molecule has 3 saturated heterocycles. The van der Waals surface area contributed by atoms with Crippen LogP contribution < -0.4 is 21.3 Å². The van der Waals surface area contributed by atoms with Crippen LogP contribution in [0.5, 0.6) is 0 Å². The van der Waals surface area contributed by atoms with Crippen molar-refractivity contribution in [1.82, 2.24) is 21.3 Å². The molecule has 4 aliphatic rings. The highest BCUT2D eigenvalue weighted by atomic mass is 16.8. The number of nitrogens with one attached hydrogen (secondary N) is 4. The van der Waals surface area contributed by atoms with E-state index in [9.17, 15) is 33.6 Å². The fourth-order valence-electron chi connectivity index (χ4n) is 7.76. The number of fused-ring (bicyclic) bond motifs is 2. The van der Waals surface area contributed by atoms with E-state index in [1.54, 1.807) is 48.5 Å². The normalized spacial score (nSPS) is 30.3. The molecule has 18 heteroatoms. The van der Waals surface area contributed by atoms with Crippen molar-refractivity contribution >= 4 is 41.4 Å². The van der Waals surface area contributed by atoms with Gasteiger partial charge in [0.1, 0.15) is 23.3 Å². The Morgan fingerprint density at radius 2 is 1.30 bits per heavy atom. The van der Waals surface area contributed by atoms with E-state index in [4.69, 9.17) is 33.5 Å². The van der Waals surface area contributed by atoms with Gasteiger partial charge in [-0.05, 0) is 74.7 Å². The number of hydrogen-bond acceptors (Lipinski definition) is 13. The van der Waals surface area contributed by atoms with Crippen LogP contribution in [0.4, 0.5) is 4.79 Å². The zero-order valence-electron chi connectivity index (χ0n) is 32.5. The second-order valence-corrected chi connectivity index (χ2v) is 16.3. The van der Waals surface area contributed by atoms with Gasteiger partial charge >= 0.3 is 12.1 Å². The Kier molecular flexibility index (Phi) is 13.5. The average Bonchev–Trinajstić information content (AvgIpc) is 3.68. The van der Waals surface area contributed by atoms with Gasteiger partial charge in [-0.15, -0.1) is 0 Å². The lowest BCUT2D eigenvalue weighted by Crippen LogP contribution is -2.51. The maximum atomic E-state index is 13.3. The third-order valence-electron chi connectivity index (χ3n) is 9.68. The molecule has 4 fully saturated rings. The van der Waals surface area contributed by atoms with Crippen molar-refractivity contribution in [2.75, 3.05) is 13.1 Å². The van der Waals surface area contributed by atoms with E-state index in [-0.39, 0.29) is 50.3 Å². The predicted molar refractivity (Wildman–Crippen MR) is 186 cm³/mol. The Morgan fingerprint density at radius 3 is 1.87 bits per heavy atom. The fourth-order valence-corrected chi connectivity index (χ4v) is 7.76. The molecule has 3 heterocycles. The molecule has 4 amide bonds. The first-order valence-electron chi connectivity index (χ1n) is 18.4. The van der Waals surface area contributed by atoms with Crippen LogP contribution in [0.15, 0.2) is 0 Å². The Balaban J connectivity index is 1.41. The van der Waals surface area contributed by atoms with Crippen molar-refractivity contribution in [1.29, 1.82) is 0 Å². The SMILES string of the molecule is CC(=O)[C@@H]1[C@H]2OC(C)(C)O[C@H]2O[C@@H]1C(CC(=O)NCCC(=O)O)NC(=O)CCNC(=O)C[C@@H](NC(=O)OC(C)(C)C)C1C[C@@H]2OC(C)(C)O[C@@H]2[C@H]1C(C)=O. The smallest absolute Gasteiger partial charge is 0.407 e. The number of rotatable bonds is 16. The van der Waals surface area contributed by atoms with Gasteiger partial charge in [-0.3, -0.25) is 28.8 Å². The number of carboxylic acid groups (broad SMARTS) is 1. The van der Waals surface area contributed by atoms with Gasteiger partial charge in [0.2, 0.25) is 17.7 Å². The summed E-state index contributed by atoms with van der Waals surface area (Å²) in [7, 11) is 0. The Bertz CT molecular complexity index is 1460. The average molecular weight is 769 g/mol. The summed E-state index contributed by atoms with van der Waals surface area (Å²) in [6.45, 7) is 14.5. The molecule has 3 aliphatic heterocycles. The van der Waals surface area contributed by atoms with E-state index in [0.29, 0.717) is 6.42 Å². The lowest BCUT2D eigenvalue weighted by molar-refractivity contribution is -0.213. The predicted octanol–water partition coefficient (Wildman–Crippen LogP) is 1.07. The summed E-state index contributed by atoms with van der Waals surface area (Å²) >= 11 is 0. The molecule has 54 heavy (non-hydrogen) atoms. The molecule has 18 nitrogen and oxygen atoms in total. The Labute approximate surface area is 314 Å². The van der Waals surface area contributed by atoms with E-state index in [1.165, 1.54) is 13.8 Å². The van der Waals surface area contributed by atoms with E-state index >= 15 is 0 Å². The maximum Gasteiger partial charge on any atom is 0.407 e. The third-order valence-corrected chi connectivity index (χ3v) is 9.68. The number of ether oxygens (including phenoxy) is 6. The van der Waals surface area contributed by atoms with Crippen LogP contribution in [-0.2, 0) is 57.2 Å². The summed E-state index contributed by atoms with van der Waals surface area (Å²) in [5, 5.41) is 19.6. The number of alkyl carbamates (subject to hydrolysis) is 1. The van der Waals surface area contributed by atoms with Crippen LogP contribution in [0.1, 0.15) is 94.4 Å². The minimum Gasteiger partial charge on any atom is -0.481 e. The van der Waals surface area contributed by atoms with Gasteiger partial charge in [0.15, 0.2) is 17.9 Å². The maximum absolute atomic E-state index is 13.3. The highest BCUT2D eigenvalue weighted by molar-refractivity contribution is 5.84. The molecule has 0 aromatic rings. The Hall–Kier alpha value is -3.71. The number of carbonyl (C=O) groups is 7. The van der Waals surface area contributed by atoms with E-state index in [1.807, 2.05) is 0 Å². The number of hydrogen-bond donors (Lipinski definition) is 5. The van der Waals surface area contributed by atoms with Crippen LogP contribution in [0, 0.1) is 17.8 Å². The molecular weight excluding hydrogens is 712 g/mol. The number of carboxylic acids is 1. The molecule has 2 unspecified atom stereocenters. The number of carbonyl (C=O) groups excluding carboxylic acids is 6. The summed E-state index contributed by atoms with van der Waals surface area (Å²) in [5.74, 6) is -7.24. The second-order valence-electron chi connectivity index (χ2n) is 16.3. The van der Waals surface area contributed by atoms with Crippen LogP contribution in [-0.4, -0.2) is 120 Å². The quantitative estimate of drug-likeness (QED) is 0.148. The molecule has 304 valence electrons. The van der Waals surface area contributed by atoms with Crippen molar-refractivity contribution in [2.24, 2.45) is 17.8 Å². The summed E-state index contributed by atoms with van der Waals surface area (Å²) in [6, 6.07) is -1.89. The van der Waals surface area contributed by atoms with Crippen molar-refractivity contribution in [2.45, 2.75) is 154 Å². The van der Waals surface area contributed by atoms with Crippen LogP contribution in [0.25, 0.3) is 0 Å². The molecule has 10 atom stereocenters. The van der Waals surface area contributed by atoms with Crippen LogP contribution >= 0.6 is 0 Å². The first-order chi connectivity index (χ1) is 24.9. The topological polar surface area (TPSA) is 243 Å². The van der Waals surface area contributed by atoms with Crippen molar-refractivity contribution < 1.29 is 67.1 Å². The summed E-state index contributed by atoms with van der Waals surface area (Å²) in [6.07, 6.45) is -5.27. The standard InChI is InChI=1S/C36H56N4O14/c1-17(41)27-19(14-22-30(27)51-35(6,7)50-22)20(40-33(48)54-34(3,4)5)15-24(44)37-12-10-23(43)39-21(16-25(45)38-13-11-26(46)47)29-28(18(2)42)31-32(49-29)53-36(8,9)52-31/h19-22,27-32H,10-16H2,1-9H3,(H,37,44)(H,38,45)(H,39,43)(H,40,48)(H,46,47)/t19?,20-,21?,22+,27+,28+,29-,30+,31-,32-/m1/s1. The highest BCUT2D eigenvalue weighted by Crippen LogP contribution is 2.47. The van der Waals surface area contributed by atoms with Gasteiger partial charge in [-0.1, -0.05) is 0 Å². The minimum absolute atomic E-state index is 0.138. The molecule has 0 aromatic heterocycles. The van der Waals surface area contributed by atoms with E-state index in [2.05, 4.69) is 21.3 Å². The molecule has 0 aromatic carbocycles. The molecule has 5 N–H and O–H groups in total. The van der Waals surface area contributed by atoms with Gasteiger partial charge in [-0.25, -0.2) is 4.79 Å². The number of aliphatic carboxylic acids is 1. The second kappa shape index (κ2) is 17.0. The number of ketones is 2. The summed E-state index contributed by atoms with van der Waals surface area (Å²) in [4.78, 5) is 89.0. The fraction of sp³-hybridized carbons (Fsp3) is 0.806. The van der Waals surface area contributed by atoms with Gasteiger partial charge in [0, 0.05) is 38.4 Å². The zero-order chi connectivity index (χ0) is 40.3. The minimum atomic E-state index is -1.11. The van der Waals surface area contributed by atoms with Crippen molar-refractivity contribution in [3.63, 3.8) is 0 Å². The van der Waals surface area contributed by atoms with Crippen molar-refractivity contribution in [3.05, 3.63) is 0 Å². The third kappa shape index (κ3) is 11.4. The molecule has 4 rings (SSSR count). The molecule has 0 spiro atoms. The summed E-state index contributed by atoms with van der Waals surface area (Å²) in [5.41, 5.74) is -0.826. The lowest BCUT2D eigenvalue weighted by atomic mass is 9.84. The molecular formula is C36H56N4O14. The van der Waals surface area contributed by atoms with Gasteiger partial charge in [0.05, 0.1) is 42.6 Å². The van der Waals surface area contributed by atoms with Crippen LogP contribution in [0.3, 0.4) is 0 Å². The largest absolute Gasteiger partial charge is 0.481 e. The number of Topliss-reactive ketones (excluding diaryl/α,β-unsaturated/α-hetero) is 2. The van der Waals surface area contributed by atoms with Gasteiger partial charge in [0.25, 0.3) is 0 Å². The van der Waals surface area contributed by atoms with E-state index in [0.717, 1.165) is 0 Å². The molecule has 0 bridgehead atoms. The van der Waals surface area contributed by atoms with Gasteiger partial charge in [-0.2, -0.15) is 0 Å². The van der Waals surface area contributed by atoms with Gasteiger partial charge < -0.3 is 54.8 Å². The Morgan fingerprint density at radius 1 is 0.741 bits per heavy atom. The first-order valence-corrected chi connectivity index (χ1v) is 18.4. The number of amides is 4. The zero-order valence-corrected chi connectivity index (χ0v) is 32.5. The highest BCUT2D eigenvalue weighted by Gasteiger charge is 2.59.